The number of oxazole rings is 1. The van der Waals surface area contributed by atoms with Crippen molar-refractivity contribution in [1.29, 1.82) is 0 Å². The fourth-order valence-electron chi connectivity index (χ4n) is 1.77. The van der Waals surface area contributed by atoms with Gasteiger partial charge in [-0.25, -0.2) is 4.98 Å². The minimum atomic E-state index is 0.516. The Balaban J connectivity index is 1.98. The second-order valence-corrected chi connectivity index (χ2v) is 3.96. The molecule has 5 nitrogen and oxygen atoms in total. The number of anilines is 1. The molecule has 0 spiro atoms. The Hall–Kier alpha value is -2.30. The lowest BCUT2D eigenvalue weighted by molar-refractivity contribution is 0.490. The minimum Gasteiger partial charge on any atom is -0.439 e. The Morgan fingerprint density at radius 1 is 1.35 bits per heavy atom. The number of aryl methyl sites for hydroxylation is 1. The van der Waals surface area contributed by atoms with E-state index in [0.29, 0.717) is 29.2 Å². The lowest BCUT2D eigenvalue weighted by atomic mass is 10.3. The third kappa shape index (κ3) is 1.75. The van der Waals surface area contributed by atoms with Gasteiger partial charge in [-0.15, -0.1) is 0 Å². The van der Waals surface area contributed by atoms with E-state index in [1.165, 1.54) is 0 Å². The highest BCUT2D eigenvalue weighted by Gasteiger charge is 2.08. The molecule has 0 saturated heterocycles. The van der Waals surface area contributed by atoms with Crippen molar-refractivity contribution < 1.29 is 4.42 Å². The Morgan fingerprint density at radius 3 is 2.94 bits per heavy atom. The highest BCUT2D eigenvalue weighted by molar-refractivity contribution is 5.85. The predicted molar refractivity (Wildman–Crippen MR) is 64.5 cm³/mol. The van der Waals surface area contributed by atoms with Crippen molar-refractivity contribution in [3.63, 3.8) is 0 Å². The monoisotopic (exact) mass is 228 g/mol. The van der Waals surface area contributed by atoms with Crippen LogP contribution in [0.2, 0.25) is 0 Å². The molecule has 86 valence electrons. The van der Waals surface area contributed by atoms with Crippen molar-refractivity contribution in [3.05, 3.63) is 42.0 Å². The second-order valence-electron chi connectivity index (χ2n) is 3.96. The van der Waals surface area contributed by atoms with Crippen LogP contribution in [0.4, 0.5) is 5.69 Å². The van der Waals surface area contributed by atoms with E-state index in [1.807, 2.05) is 37.4 Å². The number of benzene rings is 1. The molecule has 0 aliphatic heterocycles. The number of nitrogen functional groups attached to an aromatic ring is 1. The number of hydrogen-bond acceptors (Lipinski definition) is 4. The number of nitrogens with two attached hydrogens (primary N) is 1. The molecule has 2 N–H and O–H groups in total. The summed E-state index contributed by atoms with van der Waals surface area (Å²) in [6.07, 6.45) is 1.90. The Labute approximate surface area is 97.9 Å². The van der Waals surface area contributed by atoms with Gasteiger partial charge in [0.1, 0.15) is 12.1 Å². The van der Waals surface area contributed by atoms with E-state index < -0.39 is 0 Å². The average molecular weight is 228 g/mol. The summed E-state index contributed by atoms with van der Waals surface area (Å²) in [6.45, 7) is 2.46. The molecule has 5 heteroatoms. The minimum absolute atomic E-state index is 0.516. The van der Waals surface area contributed by atoms with Crippen molar-refractivity contribution >= 4 is 16.8 Å². The van der Waals surface area contributed by atoms with E-state index in [0.717, 1.165) is 5.69 Å². The summed E-state index contributed by atoms with van der Waals surface area (Å²) >= 11 is 0. The molecule has 2 heterocycles. The molecule has 1 aromatic carbocycles. The zero-order valence-corrected chi connectivity index (χ0v) is 9.42. The Kier molecular flexibility index (Phi) is 2.11. The van der Waals surface area contributed by atoms with Gasteiger partial charge in [-0.05, 0) is 25.1 Å². The van der Waals surface area contributed by atoms with Crippen molar-refractivity contribution in [3.8, 4) is 0 Å². The van der Waals surface area contributed by atoms with Crippen LogP contribution in [0.25, 0.3) is 11.1 Å². The van der Waals surface area contributed by atoms with E-state index in [1.54, 1.807) is 4.68 Å². The lowest BCUT2D eigenvalue weighted by Gasteiger charge is -1.94. The highest BCUT2D eigenvalue weighted by atomic mass is 16.3. The second kappa shape index (κ2) is 3.62. The van der Waals surface area contributed by atoms with Crippen LogP contribution in [0.3, 0.4) is 0 Å². The Bertz CT molecular complexity index is 668. The van der Waals surface area contributed by atoms with Crippen LogP contribution < -0.4 is 5.73 Å². The fraction of sp³-hybridized carbons (Fsp3) is 0.167. The van der Waals surface area contributed by atoms with Gasteiger partial charge in [0, 0.05) is 6.20 Å². The van der Waals surface area contributed by atoms with Crippen LogP contribution in [0.15, 0.2) is 34.9 Å². The molecule has 0 saturated carbocycles. The summed E-state index contributed by atoms with van der Waals surface area (Å²) in [6, 6.07) is 7.46. The maximum absolute atomic E-state index is 5.82. The van der Waals surface area contributed by atoms with Gasteiger partial charge in [-0.2, -0.15) is 5.10 Å². The topological polar surface area (TPSA) is 69.9 Å². The van der Waals surface area contributed by atoms with E-state index in [2.05, 4.69) is 10.1 Å². The van der Waals surface area contributed by atoms with Gasteiger partial charge in [-0.3, -0.25) is 4.68 Å². The third-order valence-corrected chi connectivity index (χ3v) is 2.57. The molecule has 0 radical (unpaired) electrons. The molecule has 0 amide bonds. The van der Waals surface area contributed by atoms with Gasteiger partial charge in [0.2, 0.25) is 5.89 Å². The highest BCUT2D eigenvalue weighted by Crippen LogP contribution is 2.21. The zero-order chi connectivity index (χ0) is 11.8. The average Bonchev–Trinajstić information content (AvgIpc) is 2.86. The van der Waals surface area contributed by atoms with Crippen LogP contribution >= 0.6 is 0 Å². The molecule has 0 aliphatic carbocycles. The van der Waals surface area contributed by atoms with Crippen molar-refractivity contribution in [1.82, 2.24) is 14.8 Å². The van der Waals surface area contributed by atoms with Crippen LogP contribution in [-0.4, -0.2) is 14.8 Å². The SMILES string of the molecule is Cc1ccn(Cc2nc3c(N)cccc3o2)n1. The molecule has 2 aromatic heterocycles. The molecule has 0 fully saturated rings. The Morgan fingerprint density at radius 2 is 2.24 bits per heavy atom. The molecule has 0 unspecified atom stereocenters. The maximum Gasteiger partial charge on any atom is 0.217 e. The number of hydrogen-bond donors (Lipinski definition) is 1. The standard InChI is InChI=1S/C12H12N4O/c1-8-5-6-16(15-8)7-11-14-12-9(13)3-2-4-10(12)17-11/h2-6H,7,13H2,1H3. The first-order valence-corrected chi connectivity index (χ1v) is 5.36. The van der Waals surface area contributed by atoms with E-state index >= 15 is 0 Å². The van der Waals surface area contributed by atoms with E-state index in [-0.39, 0.29) is 0 Å². The van der Waals surface area contributed by atoms with Gasteiger partial charge >= 0.3 is 0 Å². The number of fused-ring (bicyclic) bond motifs is 1. The summed E-state index contributed by atoms with van der Waals surface area (Å²) in [5.41, 5.74) is 8.85. The molecule has 0 bridgehead atoms. The first-order chi connectivity index (χ1) is 8.22. The quantitative estimate of drug-likeness (QED) is 0.681. The first kappa shape index (κ1) is 9.89. The number of nitrogens with zero attached hydrogens (tertiary/aromatic N) is 3. The fourth-order valence-corrected chi connectivity index (χ4v) is 1.77. The molecule has 3 aromatic rings. The molecule has 17 heavy (non-hydrogen) atoms. The van der Waals surface area contributed by atoms with Crippen LogP contribution in [0.5, 0.6) is 0 Å². The largest absolute Gasteiger partial charge is 0.439 e. The van der Waals surface area contributed by atoms with Crippen molar-refractivity contribution in [2.45, 2.75) is 13.5 Å². The van der Waals surface area contributed by atoms with Crippen LogP contribution in [-0.2, 0) is 6.54 Å². The molecule has 0 aliphatic rings. The maximum atomic E-state index is 5.82. The van der Waals surface area contributed by atoms with Gasteiger partial charge in [0.15, 0.2) is 5.58 Å². The van der Waals surface area contributed by atoms with E-state index in [9.17, 15) is 0 Å². The summed E-state index contributed by atoms with van der Waals surface area (Å²) in [7, 11) is 0. The number of aromatic nitrogens is 3. The normalized spacial score (nSPS) is 11.1. The van der Waals surface area contributed by atoms with Gasteiger partial charge in [0.05, 0.1) is 11.4 Å². The summed E-state index contributed by atoms with van der Waals surface area (Å²) in [5.74, 6) is 0.612. The van der Waals surface area contributed by atoms with Crippen molar-refractivity contribution in [2.75, 3.05) is 5.73 Å². The zero-order valence-electron chi connectivity index (χ0n) is 9.42. The van der Waals surface area contributed by atoms with Gasteiger partial charge < -0.3 is 10.2 Å². The smallest absolute Gasteiger partial charge is 0.217 e. The van der Waals surface area contributed by atoms with Crippen LogP contribution in [0.1, 0.15) is 11.6 Å². The number of rotatable bonds is 2. The van der Waals surface area contributed by atoms with Gasteiger partial charge in [-0.1, -0.05) is 6.07 Å². The van der Waals surface area contributed by atoms with Gasteiger partial charge in [0.25, 0.3) is 0 Å². The third-order valence-electron chi connectivity index (χ3n) is 2.57. The first-order valence-electron chi connectivity index (χ1n) is 5.36. The molecular formula is C12H12N4O. The number of para-hydroxylation sites is 1. The lowest BCUT2D eigenvalue weighted by Crippen LogP contribution is -2.00. The molecular weight excluding hydrogens is 216 g/mol. The summed E-state index contributed by atoms with van der Waals surface area (Å²) < 4.78 is 7.40. The molecule has 3 rings (SSSR count). The molecule has 0 atom stereocenters. The van der Waals surface area contributed by atoms with E-state index in [4.69, 9.17) is 10.2 Å². The summed E-state index contributed by atoms with van der Waals surface area (Å²) in [4.78, 5) is 4.36. The predicted octanol–water partition coefficient (Wildman–Crippen LogP) is 1.96. The van der Waals surface area contributed by atoms with Crippen molar-refractivity contribution in [2.24, 2.45) is 0 Å². The van der Waals surface area contributed by atoms with Crippen LogP contribution in [0, 0.1) is 6.92 Å². The summed E-state index contributed by atoms with van der Waals surface area (Å²) in [5, 5.41) is 4.28.